The second-order valence-electron chi connectivity index (χ2n) is 5.96. The predicted molar refractivity (Wildman–Crippen MR) is 97.1 cm³/mol. The molecular weight excluding hydrogens is 390 g/mol. The van der Waals surface area contributed by atoms with E-state index < -0.39 is 0 Å². The quantitative estimate of drug-likeness (QED) is 0.638. The molecule has 0 atom stereocenters. The van der Waals surface area contributed by atoms with Crippen LogP contribution in [0.15, 0.2) is 45.3 Å². The average Bonchev–Trinajstić information content (AvgIpc) is 2.41. The summed E-state index contributed by atoms with van der Waals surface area (Å²) in [5.41, 5.74) is 5.26. The molecule has 1 saturated carbocycles. The van der Waals surface area contributed by atoms with Crippen molar-refractivity contribution in [2.75, 3.05) is 5.32 Å². The van der Waals surface area contributed by atoms with Crippen LogP contribution >= 0.6 is 31.9 Å². The molecule has 2 aromatic carbocycles. The van der Waals surface area contributed by atoms with Crippen molar-refractivity contribution in [3.05, 3.63) is 62.0 Å². The summed E-state index contributed by atoms with van der Waals surface area (Å²) in [6.45, 7) is 4.29. The van der Waals surface area contributed by atoms with Crippen LogP contribution in [0.2, 0.25) is 0 Å². The van der Waals surface area contributed by atoms with Crippen LogP contribution in [-0.2, 0) is 0 Å². The Morgan fingerprint density at radius 3 is 2.24 bits per heavy atom. The fourth-order valence-electron chi connectivity index (χ4n) is 3.06. The molecule has 0 amide bonds. The van der Waals surface area contributed by atoms with Gasteiger partial charge in [0.15, 0.2) is 0 Å². The molecule has 3 rings (SSSR count). The summed E-state index contributed by atoms with van der Waals surface area (Å²) in [6, 6.07) is 13.6. The first-order chi connectivity index (χ1) is 10.0. The van der Waals surface area contributed by atoms with Crippen LogP contribution in [-0.4, -0.2) is 6.04 Å². The maximum Gasteiger partial charge on any atom is 0.0348 e. The van der Waals surface area contributed by atoms with E-state index in [2.05, 4.69) is 87.4 Å². The summed E-state index contributed by atoms with van der Waals surface area (Å²) in [5, 5.41) is 3.67. The molecule has 0 spiro atoms. The van der Waals surface area contributed by atoms with Crippen molar-refractivity contribution in [1.82, 2.24) is 0 Å². The normalized spacial score (nSPS) is 21.0. The molecule has 1 nitrogen and oxygen atoms in total. The van der Waals surface area contributed by atoms with Crippen LogP contribution in [0.3, 0.4) is 0 Å². The van der Waals surface area contributed by atoms with Crippen LogP contribution in [0.4, 0.5) is 5.69 Å². The number of hydrogen-bond acceptors (Lipinski definition) is 1. The first kappa shape index (κ1) is 15.1. The van der Waals surface area contributed by atoms with E-state index in [0.29, 0.717) is 12.0 Å². The monoisotopic (exact) mass is 407 g/mol. The van der Waals surface area contributed by atoms with Crippen molar-refractivity contribution in [2.24, 2.45) is 0 Å². The molecule has 0 aromatic heterocycles. The van der Waals surface area contributed by atoms with Crippen molar-refractivity contribution < 1.29 is 0 Å². The van der Waals surface area contributed by atoms with Crippen molar-refractivity contribution in [3.8, 4) is 0 Å². The lowest BCUT2D eigenvalue weighted by atomic mass is 9.76. The third-order valence-electron chi connectivity index (χ3n) is 4.29. The Hall–Kier alpha value is -0.800. The highest BCUT2D eigenvalue weighted by atomic mass is 79.9. The lowest BCUT2D eigenvalue weighted by molar-refractivity contribution is 0.373. The molecule has 1 N–H and O–H groups in total. The zero-order valence-electron chi connectivity index (χ0n) is 12.3. The molecule has 0 unspecified atom stereocenters. The predicted octanol–water partition coefficient (Wildman–Crippen LogP) is 6.19. The van der Waals surface area contributed by atoms with E-state index in [-0.39, 0.29) is 0 Å². The molecular formula is C18H19Br2N. The number of benzene rings is 2. The SMILES string of the molecule is Cc1cc(NC2CC(c3ccccc3Br)C2)cc(C)c1Br. The number of rotatable bonds is 3. The summed E-state index contributed by atoms with van der Waals surface area (Å²) < 4.78 is 2.46. The molecule has 3 heteroatoms. The fraction of sp³-hybridized carbons (Fsp3) is 0.333. The Bertz CT molecular complexity index is 637. The maximum atomic E-state index is 3.67. The van der Waals surface area contributed by atoms with E-state index in [4.69, 9.17) is 0 Å². The minimum Gasteiger partial charge on any atom is -0.382 e. The number of hydrogen-bond donors (Lipinski definition) is 1. The topological polar surface area (TPSA) is 12.0 Å². The molecule has 0 aliphatic heterocycles. The molecule has 0 saturated heterocycles. The molecule has 2 aromatic rings. The van der Waals surface area contributed by atoms with Gasteiger partial charge in [0.2, 0.25) is 0 Å². The highest BCUT2D eigenvalue weighted by molar-refractivity contribution is 9.10. The van der Waals surface area contributed by atoms with E-state index in [1.165, 1.54) is 44.2 Å². The largest absolute Gasteiger partial charge is 0.382 e. The van der Waals surface area contributed by atoms with Crippen molar-refractivity contribution in [2.45, 2.75) is 38.6 Å². The summed E-state index contributed by atoms with van der Waals surface area (Å²) in [5.74, 6) is 0.677. The Morgan fingerprint density at radius 2 is 1.62 bits per heavy atom. The van der Waals surface area contributed by atoms with Gasteiger partial charge in [0.05, 0.1) is 0 Å². The Morgan fingerprint density at radius 1 is 1.00 bits per heavy atom. The van der Waals surface area contributed by atoms with Crippen LogP contribution in [0, 0.1) is 13.8 Å². The first-order valence-corrected chi connectivity index (χ1v) is 8.91. The minimum atomic E-state index is 0.585. The van der Waals surface area contributed by atoms with E-state index in [1.54, 1.807) is 0 Å². The molecule has 1 fully saturated rings. The summed E-state index contributed by atoms with van der Waals surface area (Å²) in [7, 11) is 0. The fourth-order valence-corrected chi connectivity index (χ4v) is 3.90. The minimum absolute atomic E-state index is 0.585. The zero-order valence-corrected chi connectivity index (χ0v) is 15.5. The standard InChI is InChI=1S/C18H19Br2N/c1-11-7-14(8-12(2)18(11)20)21-15-9-13(10-15)16-5-3-4-6-17(16)19/h3-8,13,15,21H,9-10H2,1-2H3. The highest BCUT2D eigenvalue weighted by Crippen LogP contribution is 2.41. The van der Waals surface area contributed by atoms with Crippen molar-refractivity contribution >= 4 is 37.5 Å². The lowest BCUT2D eigenvalue weighted by Gasteiger charge is -2.37. The van der Waals surface area contributed by atoms with E-state index in [9.17, 15) is 0 Å². The van der Waals surface area contributed by atoms with Crippen LogP contribution < -0.4 is 5.32 Å². The number of aryl methyl sites for hydroxylation is 2. The van der Waals surface area contributed by atoms with Gasteiger partial charge in [0.25, 0.3) is 0 Å². The van der Waals surface area contributed by atoms with Gasteiger partial charge in [-0.25, -0.2) is 0 Å². The highest BCUT2D eigenvalue weighted by Gasteiger charge is 2.31. The third kappa shape index (κ3) is 3.19. The van der Waals surface area contributed by atoms with Gasteiger partial charge in [0, 0.05) is 20.7 Å². The molecule has 1 aliphatic rings. The number of halogens is 2. The Labute approximate surface area is 143 Å². The number of anilines is 1. The van der Waals surface area contributed by atoms with E-state index >= 15 is 0 Å². The Kier molecular flexibility index (Phi) is 4.41. The van der Waals surface area contributed by atoms with Gasteiger partial charge in [-0.1, -0.05) is 50.1 Å². The second-order valence-corrected chi connectivity index (χ2v) is 7.60. The molecule has 0 heterocycles. The molecule has 0 radical (unpaired) electrons. The van der Waals surface area contributed by atoms with Gasteiger partial charge in [0.1, 0.15) is 0 Å². The first-order valence-electron chi connectivity index (χ1n) is 7.32. The summed E-state index contributed by atoms with van der Waals surface area (Å²) in [4.78, 5) is 0. The van der Waals surface area contributed by atoms with Crippen molar-refractivity contribution in [1.29, 1.82) is 0 Å². The molecule has 21 heavy (non-hydrogen) atoms. The molecule has 110 valence electrons. The van der Waals surface area contributed by atoms with E-state index in [0.717, 1.165) is 0 Å². The molecule has 0 bridgehead atoms. The zero-order chi connectivity index (χ0) is 15.0. The van der Waals surface area contributed by atoms with Gasteiger partial charge in [-0.3, -0.25) is 0 Å². The smallest absolute Gasteiger partial charge is 0.0348 e. The number of nitrogens with one attached hydrogen (secondary N) is 1. The summed E-state index contributed by atoms with van der Waals surface area (Å²) >= 11 is 7.29. The van der Waals surface area contributed by atoms with Crippen molar-refractivity contribution in [3.63, 3.8) is 0 Å². The van der Waals surface area contributed by atoms with Crippen LogP contribution in [0.25, 0.3) is 0 Å². The molecule has 1 aliphatic carbocycles. The van der Waals surface area contributed by atoms with E-state index in [1.807, 2.05) is 0 Å². The average molecular weight is 409 g/mol. The lowest BCUT2D eigenvalue weighted by Crippen LogP contribution is -2.34. The maximum absolute atomic E-state index is 3.67. The van der Waals surface area contributed by atoms with Crippen LogP contribution in [0.5, 0.6) is 0 Å². The van der Waals surface area contributed by atoms with Crippen LogP contribution in [0.1, 0.15) is 35.4 Å². The van der Waals surface area contributed by atoms with Gasteiger partial charge in [-0.2, -0.15) is 0 Å². The van der Waals surface area contributed by atoms with Gasteiger partial charge in [-0.15, -0.1) is 0 Å². The third-order valence-corrected chi connectivity index (χ3v) is 6.26. The van der Waals surface area contributed by atoms with Gasteiger partial charge >= 0.3 is 0 Å². The second kappa shape index (κ2) is 6.13. The summed E-state index contributed by atoms with van der Waals surface area (Å²) in [6.07, 6.45) is 2.41. The van der Waals surface area contributed by atoms with Gasteiger partial charge in [-0.05, 0) is 67.5 Å². The van der Waals surface area contributed by atoms with Gasteiger partial charge < -0.3 is 5.32 Å². The Balaban J connectivity index is 1.64.